The minimum atomic E-state index is 0.236. The molecule has 0 bridgehead atoms. The van der Waals surface area contributed by atoms with Gasteiger partial charge in [-0.15, -0.1) is 0 Å². The minimum Gasteiger partial charge on any atom is -0.381 e. The lowest BCUT2D eigenvalue weighted by Gasteiger charge is -2.56. The van der Waals surface area contributed by atoms with Gasteiger partial charge in [0.2, 0.25) is 0 Å². The van der Waals surface area contributed by atoms with E-state index in [0.29, 0.717) is 6.10 Å². The van der Waals surface area contributed by atoms with Crippen LogP contribution in [-0.2, 0) is 4.74 Å². The van der Waals surface area contributed by atoms with Gasteiger partial charge in [-0.1, -0.05) is 26.7 Å². The first-order chi connectivity index (χ1) is 8.61. The van der Waals surface area contributed by atoms with E-state index in [0.717, 1.165) is 31.3 Å². The molecule has 0 radical (unpaired) electrons. The number of nitrogens with two attached hydrogens (primary N) is 1. The van der Waals surface area contributed by atoms with Crippen molar-refractivity contribution >= 4 is 0 Å². The summed E-state index contributed by atoms with van der Waals surface area (Å²) < 4.78 is 5.48. The Hall–Kier alpha value is -0.120. The zero-order valence-corrected chi connectivity index (χ0v) is 12.3. The molecule has 0 atom stereocenters. The molecule has 2 aliphatic rings. The molecule has 106 valence electrons. The topological polar surface area (TPSA) is 38.5 Å². The molecular formula is C15H30N2O. The summed E-state index contributed by atoms with van der Waals surface area (Å²) in [5.41, 5.74) is 6.37. The highest BCUT2D eigenvalue weighted by Gasteiger charge is 2.50. The van der Waals surface area contributed by atoms with Gasteiger partial charge in [-0.05, 0) is 31.6 Å². The number of methoxy groups -OCH3 is 1. The maximum absolute atomic E-state index is 6.13. The van der Waals surface area contributed by atoms with Gasteiger partial charge in [-0.25, -0.2) is 0 Å². The normalized spacial score (nSPS) is 33.3. The molecule has 0 spiro atoms. The van der Waals surface area contributed by atoms with Crippen molar-refractivity contribution < 1.29 is 4.74 Å². The first-order valence-electron chi connectivity index (χ1n) is 7.61. The van der Waals surface area contributed by atoms with Gasteiger partial charge in [0.1, 0.15) is 0 Å². The Labute approximate surface area is 112 Å². The Bertz CT molecular complexity index is 255. The SMILES string of the molecule is COC1CC(CN)(N(CC(C)C)C2CCCC2)C1. The molecule has 2 aliphatic carbocycles. The molecule has 0 aromatic heterocycles. The van der Waals surface area contributed by atoms with Crippen LogP contribution in [0.25, 0.3) is 0 Å². The van der Waals surface area contributed by atoms with Crippen LogP contribution in [0.15, 0.2) is 0 Å². The van der Waals surface area contributed by atoms with Crippen molar-refractivity contribution in [1.82, 2.24) is 4.90 Å². The number of rotatable bonds is 6. The Balaban J connectivity index is 2.06. The Morgan fingerprint density at radius 3 is 2.33 bits per heavy atom. The molecule has 0 heterocycles. The monoisotopic (exact) mass is 254 g/mol. The van der Waals surface area contributed by atoms with Crippen LogP contribution in [0.5, 0.6) is 0 Å². The number of hydrogen-bond acceptors (Lipinski definition) is 3. The molecule has 0 amide bonds. The molecular weight excluding hydrogens is 224 g/mol. The Morgan fingerprint density at radius 2 is 1.89 bits per heavy atom. The number of hydrogen-bond donors (Lipinski definition) is 1. The predicted octanol–water partition coefficient (Wildman–Crippen LogP) is 2.39. The second-order valence-electron chi connectivity index (χ2n) is 6.68. The van der Waals surface area contributed by atoms with E-state index in [1.54, 1.807) is 0 Å². The van der Waals surface area contributed by atoms with Gasteiger partial charge in [-0.2, -0.15) is 0 Å². The fourth-order valence-electron chi connectivity index (χ4n) is 3.81. The fraction of sp³-hybridized carbons (Fsp3) is 1.00. The second kappa shape index (κ2) is 5.89. The first kappa shape index (κ1) is 14.3. The van der Waals surface area contributed by atoms with E-state index in [1.165, 1.54) is 32.2 Å². The molecule has 3 heteroatoms. The first-order valence-corrected chi connectivity index (χ1v) is 7.61. The van der Waals surface area contributed by atoms with Crippen molar-refractivity contribution in [2.24, 2.45) is 11.7 Å². The quantitative estimate of drug-likeness (QED) is 0.791. The van der Waals surface area contributed by atoms with Crippen LogP contribution in [-0.4, -0.2) is 42.8 Å². The molecule has 18 heavy (non-hydrogen) atoms. The van der Waals surface area contributed by atoms with Gasteiger partial charge < -0.3 is 10.5 Å². The second-order valence-corrected chi connectivity index (χ2v) is 6.68. The zero-order chi connectivity index (χ0) is 13.2. The van der Waals surface area contributed by atoms with E-state index in [4.69, 9.17) is 10.5 Å². The van der Waals surface area contributed by atoms with E-state index in [2.05, 4.69) is 18.7 Å². The average Bonchev–Trinajstić information content (AvgIpc) is 2.80. The summed E-state index contributed by atoms with van der Waals surface area (Å²) in [5.74, 6) is 0.718. The smallest absolute Gasteiger partial charge is 0.0607 e. The maximum Gasteiger partial charge on any atom is 0.0607 e. The fourth-order valence-corrected chi connectivity index (χ4v) is 3.81. The van der Waals surface area contributed by atoms with Crippen molar-refractivity contribution in [2.45, 2.75) is 70.1 Å². The molecule has 2 rings (SSSR count). The average molecular weight is 254 g/mol. The zero-order valence-electron chi connectivity index (χ0n) is 12.3. The summed E-state index contributed by atoms with van der Waals surface area (Å²) in [6.07, 6.45) is 8.22. The van der Waals surface area contributed by atoms with Crippen LogP contribution >= 0.6 is 0 Å². The summed E-state index contributed by atoms with van der Waals surface area (Å²) in [6.45, 7) is 6.62. The summed E-state index contributed by atoms with van der Waals surface area (Å²) in [6, 6.07) is 0.772. The van der Waals surface area contributed by atoms with Crippen LogP contribution in [0.3, 0.4) is 0 Å². The number of ether oxygens (including phenoxy) is 1. The van der Waals surface area contributed by atoms with E-state index in [9.17, 15) is 0 Å². The van der Waals surface area contributed by atoms with Crippen LogP contribution < -0.4 is 5.73 Å². The van der Waals surface area contributed by atoms with Crippen molar-refractivity contribution in [2.75, 3.05) is 20.2 Å². The Kier molecular flexibility index (Phi) is 4.68. The Morgan fingerprint density at radius 1 is 1.28 bits per heavy atom. The van der Waals surface area contributed by atoms with Crippen molar-refractivity contribution in [3.05, 3.63) is 0 Å². The number of nitrogens with zero attached hydrogens (tertiary/aromatic N) is 1. The summed E-state index contributed by atoms with van der Waals surface area (Å²) in [7, 11) is 1.83. The van der Waals surface area contributed by atoms with E-state index in [-0.39, 0.29) is 5.54 Å². The van der Waals surface area contributed by atoms with Crippen molar-refractivity contribution in [3.63, 3.8) is 0 Å². The van der Waals surface area contributed by atoms with Gasteiger partial charge in [-0.3, -0.25) is 4.90 Å². The molecule has 3 nitrogen and oxygen atoms in total. The molecule has 0 aliphatic heterocycles. The van der Waals surface area contributed by atoms with Crippen LogP contribution in [0.2, 0.25) is 0 Å². The minimum absolute atomic E-state index is 0.236. The predicted molar refractivity (Wildman–Crippen MR) is 75.6 cm³/mol. The molecule has 2 fully saturated rings. The molecule has 0 unspecified atom stereocenters. The molecule has 2 saturated carbocycles. The lowest BCUT2D eigenvalue weighted by Crippen LogP contribution is -2.66. The molecule has 2 N–H and O–H groups in total. The highest BCUT2D eigenvalue weighted by atomic mass is 16.5. The molecule has 0 aromatic rings. The summed E-state index contributed by atoms with van der Waals surface area (Å²) in [5, 5.41) is 0. The lowest BCUT2D eigenvalue weighted by molar-refractivity contribution is -0.105. The van der Waals surface area contributed by atoms with E-state index >= 15 is 0 Å². The lowest BCUT2D eigenvalue weighted by atomic mass is 9.71. The third kappa shape index (κ3) is 2.73. The largest absolute Gasteiger partial charge is 0.381 e. The highest BCUT2D eigenvalue weighted by molar-refractivity contribution is 5.06. The molecule has 0 aromatic carbocycles. The summed E-state index contributed by atoms with van der Waals surface area (Å²) in [4.78, 5) is 2.75. The van der Waals surface area contributed by atoms with Gasteiger partial charge in [0.15, 0.2) is 0 Å². The van der Waals surface area contributed by atoms with Gasteiger partial charge in [0.25, 0.3) is 0 Å². The maximum atomic E-state index is 6.13. The van der Waals surface area contributed by atoms with Crippen molar-refractivity contribution in [3.8, 4) is 0 Å². The van der Waals surface area contributed by atoms with Crippen LogP contribution in [0, 0.1) is 5.92 Å². The van der Waals surface area contributed by atoms with Gasteiger partial charge in [0.05, 0.1) is 6.10 Å². The van der Waals surface area contributed by atoms with Gasteiger partial charge in [0, 0.05) is 31.8 Å². The third-order valence-electron chi connectivity index (χ3n) is 4.87. The highest BCUT2D eigenvalue weighted by Crippen LogP contribution is 2.42. The van der Waals surface area contributed by atoms with E-state index < -0.39 is 0 Å². The summed E-state index contributed by atoms with van der Waals surface area (Å²) >= 11 is 0. The van der Waals surface area contributed by atoms with Crippen LogP contribution in [0.1, 0.15) is 52.4 Å². The molecule has 0 saturated heterocycles. The standard InChI is InChI=1S/C15H30N2O/c1-12(2)10-17(13-6-4-5-7-13)15(11-16)8-14(9-15)18-3/h12-14H,4-11,16H2,1-3H3. The van der Waals surface area contributed by atoms with Crippen LogP contribution in [0.4, 0.5) is 0 Å². The van der Waals surface area contributed by atoms with E-state index in [1.807, 2.05) is 7.11 Å². The van der Waals surface area contributed by atoms with Gasteiger partial charge >= 0.3 is 0 Å². The van der Waals surface area contributed by atoms with Crippen molar-refractivity contribution in [1.29, 1.82) is 0 Å². The third-order valence-corrected chi connectivity index (χ3v) is 4.87.